The van der Waals surface area contributed by atoms with Crippen LogP contribution < -0.4 is 0 Å². The summed E-state index contributed by atoms with van der Waals surface area (Å²) >= 11 is 1.62. The van der Waals surface area contributed by atoms with Crippen LogP contribution in [0, 0.1) is 0 Å². The molecule has 4 nitrogen and oxygen atoms in total. The summed E-state index contributed by atoms with van der Waals surface area (Å²) in [5, 5.41) is 3.04. The first-order valence-electron chi connectivity index (χ1n) is 6.48. The zero-order valence-electron chi connectivity index (χ0n) is 10.8. The number of piperidine rings is 1. The van der Waals surface area contributed by atoms with Crippen LogP contribution in [0.15, 0.2) is 28.4 Å². The molecular formula is C14H16N2O2S. The smallest absolute Gasteiger partial charge is 0.149 e. The van der Waals surface area contributed by atoms with Crippen molar-refractivity contribution in [2.45, 2.75) is 32.4 Å². The molecule has 1 aliphatic rings. The van der Waals surface area contributed by atoms with Crippen molar-refractivity contribution in [3.63, 3.8) is 0 Å². The Morgan fingerprint density at radius 1 is 1.58 bits per heavy atom. The van der Waals surface area contributed by atoms with Gasteiger partial charge in [-0.15, -0.1) is 11.3 Å². The largest absolute Gasteiger partial charge is 0.472 e. The van der Waals surface area contributed by atoms with Gasteiger partial charge in [0.2, 0.25) is 0 Å². The van der Waals surface area contributed by atoms with Gasteiger partial charge in [-0.05, 0) is 26.0 Å². The topological polar surface area (TPSA) is 46.3 Å². The van der Waals surface area contributed by atoms with Crippen LogP contribution in [-0.4, -0.2) is 28.3 Å². The summed E-state index contributed by atoms with van der Waals surface area (Å²) < 4.78 is 5.07. The lowest BCUT2D eigenvalue weighted by Crippen LogP contribution is -2.43. The Morgan fingerprint density at radius 2 is 2.47 bits per heavy atom. The molecule has 0 spiro atoms. The Labute approximate surface area is 116 Å². The molecule has 19 heavy (non-hydrogen) atoms. The fourth-order valence-corrected chi connectivity index (χ4v) is 3.18. The molecule has 2 aromatic heterocycles. The van der Waals surface area contributed by atoms with E-state index in [-0.39, 0.29) is 6.04 Å². The zero-order valence-corrected chi connectivity index (χ0v) is 11.7. The van der Waals surface area contributed by atoms with E-state index in [9.17, 15) is 4.79 Å². The second kappa shape index (κ2) is 5.27. The van der Waals surface area contributed by atoms with Gasteiger partial charge in [0.05, 0.1) is 18.0 Å². The zero-order chi connectivity index (χ0) is 13.2. The van der Waals surface area contributed by atoms with Gasteiger partial charge in [-0.25, -0.2) is 4.98 Å². The molecule has 1 aliphatic heterocycles. The average Bonchev–Trinajstić information content (AvgIpc) is 3.05. The SMILES string of the molecule is CC1C(=O)CCCN1Cc1csc(-c2ccoc2)n1. The van der Waals surface area contributed by atoms with Gasteiger partial charge in [-0.2, -0.15) is 0 Å². The van der Waals surface area contributed by atoms with Crippen LogP contribution in [0.4, 0.5) is 0 Å². The fraction of sp³-hybridized carbons (Fsp3) is 0.429. The number of aromatic nitrogens is 1. The van der Waals surface area contributed by atoms with Crippen molar-refractivity contribution >= 4 is 17.1 Å². The monoisotopic (exact) mass is 276 g/mol. The number of likely N-dealkylation sites (tertiary alicyclic amines) is 1. The van der Waals surface area contributed by atoms with E-state index in [0.717, 1.165) is 42.2 Å². The van der Waals surface area contributed by atoms with Crippen LogP contribution in [-0.2, 0) is 11.3 Å². The van der Waals surface area contributed by atoms with Crippen molar-refractivity contribution < 1.29 is 9.21 Å². The van der Waals surface area contributed by atoms with Gasteiger partial charge in [0.15, 0.2) is 0 Å². The molecule has 0 amide bonds. The minimum absolute atomic E-state index is 0.0211. The lowest BCUT2D eigenvalue weighted by molar-refractivity contribution is -0.126. The van der Waals surface area contributed by atoms with Crippen molar-refractivity contribution in [2.24, 2.45) is 0 Å². The summed E-state index contributed by atoms with van der Waals surface area (Å²) in [4.78, 5) is 18.5. The first-order chi connectivity index (χ1) is 9.24. The number of Topliss-reactive ketones (excluding diaryl/α,β-unsaturated/α-hetero) is 1. The number of furan rings is 1. The maximum Gasteiger partial charge on any atom is 0.149 e. The summed E-state index contributed by atoms with van der Waals surface area (Å²) in [6.07, 6.45) is 5.04. The van der Waals surface area contributed by atoms with Crippen molar-refractivity contribution in [3.8, 4) is 10.6 Å². The highest BCUT2D eigenvalue weighted by Gasteiger charge is 2.25. The van der Waals surface area contributed by atoms with Crippen LogP contribution in [0.25, 0.3) is 10.6 Å². The summed E-state index contributed by atoms with van der Waals surface area (Å²) in [6, 6.07) is 1.93. The summed E-state index contributed by atoms with van der Waals surface area (Å²) in [5.41, 5.74) is 2.04. The molecule has 1 unspecified atom stereocenters. The van der Waals surface area contributed by atoms with E-state index in [2.05, 4.69) is 15.3 Å². The lowest BCUT2D eigenvalue weighted by Gasteiger charge is -2.31. The minimum atomic E-state index is 0.0211. The predicted octanol–water partition coefficient (Wildman–Crippen LogP) is 2.96. The molecule has 0 aliphatic carbocycles. The normalized spacial score (nSPS) is 20.9. The first-order valence-corrected chi connectivity index (χ1v) is 7.36. The van der Waals surface area contributed by atoms with Crippen molar-refractivity contribution in [1.82, 2.24) is 9.88 Å². The van der Waals surface area contributed by atoms with Gasteiger partial charge in [-0.1, -0.05) is 0 Å². The van der Waals surface area contributed by atoms with Gasteiger partial charge in [0.1, 0.15) is 17.1 Å². The van der Waals surface area contributed by atoms with E-state index in [1.807, 2.05) is 13.0 Å². The number of hydrogen-bond acceptors (Lipinski definition) is 5. The summed E-state index contributed by atoms with van der Waals surface area (Å²) in [7, 11) is 0. The molecule has 5 heteroatoms. The van der Waals surface area contributed by atoms with E-state index < -0.39 is 0 Å². The summed E-state index contributed by atoms with van der Waals surface area (Å²) in [6.45, 7) is 3.72. The van der Waals surface area contributed by atoms with E-state index in [1.54, 1.807) is 23.9 Å². The molecule has 3 rings (SSSR count). The molecule has 1 atom stereocenters. The Kier molecular flexibility index (Phi) is 3.48. The highest BCUT2D eigenvalue weighted by atomic mass is 32.1. The molecule has 0 aromatic carbocycles. The van der Waals surface area contributed by atoms with E-state index in [1.165, 1.54) is 0 Å². The van der Waals surface area contributed by atoms with Gasteiger partial charge >= 0.3 is 0 Å². The minimum Gasteiger partial charge on any atom is -0.472 e. The quantitative estimate of drug-likeness (QED) is 0.864. The number of thiazole rings is 1. The second-order valence-electron chi connectivity index (χ2n) is 4.87. The van der Waals surface area contributed by atoms with Crippen LogP contribution in [0.5, 0.6) is 0 Å². The Balaban J connectivity index is 1.72. The van der Waals surface area contributed by atoms with Crippen LogP contribution in [0.1, 0.15) is 25.5 Å². The van der Waals surface area contributed by atoms with Crippen LogP contribution in [0.2, 0.25) is 0 Å². The number of carbonyl (C=O) groups excluding carboxylic acids is 1. The number of rotatable bonds is 3. The Bertz CT molecular complexity index is 562. The number of ketones is 1. The number of carbonyl (C=O) groups is 1. The maximum absolute atomic E-state index is 11.7. The third-order valence-corrected chi connectivity index (χ3v) is 4.51. The molecule has 0 radical (unpaired) electrons. The molecule has 0 saturated carbocycles. The fourth-order valence-electron chi connectivity index (χ4n) is 2.38. The lowest BCUT2D eigenvalue weighted by atomic mass is 10.0. The van der Waals surface area contributed by atoms with Crippen molar-refractivity contribution in [2.75, 3.05) is 6.54 Å². The van der Waals surface area contributed by atoms with E-state index in [4.69, 9.17) is 4.42 Å². The van der Waals surface area contributed by atoms with E-state index >= 15 is 0 Å². The molecule has 3 heterocycles. The molecule has 2 aromatic rings. The number of nitrogens with zero attached hydrogens (tertiary/aromatic N) is 2. The molecule has 1 fully saturated rings. The van der Waals surface area contributed by atoms with Gasteiger partial charge in [0, 0.05) is 23.9 Å². The molecule has 0 N–H and O–H groups in total. The highest BCUT2D eigenvalue weighted by Crippen LogP contribution is 2.25. The molecule has 100 valence electrons. The molecular weight excluding hydrogens is 260 g/mol. The van der Waals surface area contributed by atoms with Gasteiger partial charge in [-0.3, -0.25) is 9.69 Å². The third kappa shape index (κ3) is 2.62. The molecule has 1 saturated heterocycles. The second-order valence-corrected chi connectivity index (χ2v) is 5.73. The standard InChI is InChI=1S/C14H16N2O2S/c1-10-13(17)3-2-5-16(10)7-12-9-19-14(15-12)11-4-6-18-8-11/h4,6,8-10H,2-3,5,7H2,1H3. The summed E-state index contributed by atoms with van der Waals surface area (Å²) in [5.74, 6) is 0.344. The maximum atomic E-state index is 11.7. The highest BCUT2D eigenvalue weighted by molar-refractivity contribution is 7.13. The first kappa shape index (κ1) is 12.6. The van der Waals surface area contributed by atoms with Crippen LogP contribution >= 0.6 is 11.3 Å². The number of hydrogen-bond donors (Lipinski definition) is 0. The average molecular weight is 276 g/mol. The van der Waals surface area contributed by atoms with Gasteiger partial charge < -0.3 is 4.42 Å². The Hall–Kier alpha value is -1.46. The van der Waals surface area contributed by atoms with Crippen molar-refractivity contribution in [3.05, 3.63) is 29.7 Å². The molecule has 0 bridgehead atoms. The van der Waals surface area contributed by atoms with Gasteiger partial charge in [0.25, 0.3) is 0 Å². The third-order valence-electron chi connectivity index (χ3n) is 3.57. The van der Waals surface area contributed by atoms with E-state index in [0.29, 0.717) is 5.78 Å². The van der Waals surface area contributed by atoms with Crippen LogP contribution in [0.3, 0.4) is 0 Å². The predicted molar refractivity (Wildman–Crippen MR) is 73.9 cm³/mol. The Morgan fingerprint density at radius 3 is 3.26 bits per heavy atom. The van der Waals surface area contributed by atoms with Crippen molar-refractivity contribution in [1.29, 1.82) is 0 Å².